The number of nitrogens with zero attached hydrogens (tertiary/aromatic N) is 2. The first-order valence-electron chi connectivity index (χ1n) is 15.5. The number of rotatable bonds is 6. The van der Waals surface area contributed by atoms with Gasteiger partial charge in [-0.05, 0) is 104 Å². The Balaban J connectivity index is 1.14. The van der Waals surface area contributed by atoms with Crippen molar-refractivity contribution in [3.8, 4) is 11.5 Å². The molecular weight excluding hydrogens is 526 g/mol. The fourth-order valence-electron chi connectivity index (χ4n) is 5.93. The molecule has 0 unspecified atom stereocenters. The van der Waals surface area contributed by atoms with E-state index in [1.807, 2.05) is 42.5 Å². The van der Waals surface area contributed by atoms with Crippen LogP contribution in [0.1, 0.15) is 75.4 Å². The summed E-state index contributed by atoms with van der Waals surface area (Å²) in [7, 11) is 0. The first kappa shape index (κ1) is 28.3. The van der Waals surface area contributed by atoms with Crippen LogP contribution in [0.25, 0.3) is 0 Å². The van der Waals surface area contributed by atoms with Gasteiger partial charge in [-0.25, -0.2) is 0 Å². The topological polar surface area (TPSA) is 71.1 Å². The highest BCUT2D eigenvalue weighted by Gasteiger charge is 2.25. The molecule has 0 aromatic heterocycles. The number of amides is 2. The molecule has 42 heavy (non-hydrogen) atoms. The Labute approximate surface area is 248 Å². The van der Waals surface area contributed by atoms with Crippen LogP contribution in [0, 0.1) is 0 Å². The van der Waals surface area contributed by atoms with Crippen LogP contribution in [0.4, 0.5) is 0 Å². The number of ether oxygens (including phenoxy) is 2. The molecule has 3 aromatic carbocycles. The van der Waals surface area contributed by atoms with Crippen LogP contribution in [0.2, 0.25) is 0 Å². The number of fused-ring (bicyclic) bond motifs is 3. The molecule has 7 heteroatoms. The standard InChI is InChI=1S/C35H41N3O4/c39-34-30-6-4-5-26(23-30)24-31-25-29(27-7-8-27)11-14-33(31)42-22-20-38(18-15-36-34)35(40)28-9-12-32(13-10-28)41-21-19-37-16-2-1-3-17-37/h4-6,9-14,23,25,27H,1-3,7-8,15-22,24H2,(H,36,39). The van der Waals surface area contributed by atoms with Gasteiger partial charge in [0.15, 0.2) is 0 Å². The SMILES string of the molecule is O=C1NCCN(C(=O)c2ccc(OCCN3CCCCC3)cc2)CCOc2ccc(C3CC3)cc2Cc2cccc1c2. The van der Waals surface area contributed by atoms with Crippen molar-refractivity contribution in [2.75, 3.05) is 52.5 Å². The lowest BCUT2D eigenvalue weighted by molar-refractivity contribution is 0.0723. The third kappa shape index (κ3) is 7.32. The second kappa shape index (κ2) is 13.4. The molecule has 0 atom stereocenters. The fraction of sp³-hybridized carbons (Fsp3) is 0.429. The molecule has 6 rings (SSSR count). The van der Waals surface area contributed by atoms with Crippen LogP contribution < -0.4 is 14.8 Å². The molecule has 2 fully saturated rings. The average molecular weight is 568 g/mol. The highest BCUT2D eigenvalue weighted by Crippen LogP contribution is 2.41. The molecule has 1 aliphatic carbocycles. The van der Waals surface area contributed by atoms with Crippen LogP contribution in [0.15, 0.2) is 66.7 Å². The second-order valence-corrected chi connectivity index (χ2v) is 11.7. The maximum atomic E-state index is 13.6. The summed E-state index contributed by atoms with van der Waals surface area (Å²) in [6.07, 6.45) is 7.01. The predicted octanol–water partition coefficient (Wildman–Crippen LogP) is 5.28. The molecule has 3 aromatic rings. The summed E-state index contributed by atoms with van der Waals surface area (Å²) in [6, 6.07) is 21.6. The lowest BCUT2D eigenvalue weighted by Crippen LogP contribution is -2.40. The second-order valence-electron chi connectivity index (χ2n) is 11.7. The van der Waals surface area contributed by atoms with Crippen LogP contribution >= 0.6 is 0 Å². The van der Waals surface area contributed by atoms with Crippen molar-refractivity contribution in [2.45, 2.75) is 44.4 Å². The molecule has 2 amide bonds. The molecule has 1 N–H and O–H groups in total. The highest BCUT2D eigenvalue weighted by atomic mass is 16.5. The number of nitrogens with one attached hydrogen (secondary N) is 1. The average Bonchev–Trinajstić information content (AvgIpc) is 3.87. The molecule has 1 saturated carbocycles. The number of benzene rings is 3. The molecule has 2 aliphatic heterocycles. The van der Waals surface area contributed by atoms with E-state index >= 15 is 0 Å². The zero-order chi connectivity index (χ0) is 28.7. The van der Waals surface area contributed by atoms with Gasteiger partial charge in [-0.3, -0.25) is 14.5 Å². The number of carbonyl (C=O) groups is 2. The first-order chi connectivity index (χ1) is 20.6. The molecule has 3 aliphatic rings. The summed E-state index contributed by atoms with van der Waals surface area (Å²) in [4.78, 5) is 30.7. The Kier molecular flexibility index (Phi) is 9.04. The largest absolute Gasteiger partial charge is 0.492 e. The molecule has 1 saturated heterocycles. The van der Waals surface area contributed by atoms with E-state index in [4.69, 9.17) is 9.47 Å². The lowest BCUT2D eigenvalue weighted by atomic mass is 9.98. The summed E-state index contributed by atoms with van der Waals surface area (Å²) in [6.45, 7) is 5.39. The maximum Gasteiger partial charge on any atom is 0.254 e. The molecule has 220 valence electrons. The van der Waals surface area contributed by atoms with Gasteiger partial charge in [0.2, 0.25) is 0 Å². The van der Waals surface area contributed by atoms with Crippen molar-refractivity contribution in [3.05, 3.63) is 94.5 Å². The van der Waals surface area contributed by atoms with Crippen LogP contribution in [0.3, 0.4) is 0 Å². The minimum atomic E-state index is -0.129. The molecular formula is C35H41N3O4. The van der Waals surface area contributed by atoms with Crippen molar-refractivity contribution >= 4 is 11.8 Å². The van der Waals surface area contributed by atoms with Gasteiger partial charge in [-0.15, -0.1) is 0 Å². The zero-order valence-corrected chi connectivity index (χ0v) is 24.4. The van der Waals surface area contributed by atoms with E-state index in [0.29, 0.717) is 56.3 Å². The van der Waals surface area contributed by atoms with E-state index in [2.05, 4.69) is 34.5 Å². The van der Waals surface area contributed by atoms with Gasteiger partial charge in [-0.2, -0.15) is 0 Å². The Morgan fingerprint density at radius 2 is 1.76 bits per heavy atom. The van der Waals surface area contributed by atoms with Gasteiger partial charge < -0.3 is 19.7 Å². The first-order valence-corrected chi connectivity index (χ1v) is 15.5. The normalized spacial score (nSPS) is 18.3. The summed E-state index contributed by atoms with van der Waals surface area (Å²) in [5.74, 6) is 2.02. The predicted molar refractivity (Wildman–Crippen MR) is 164 cm³/mol. The Morgan fingerprint density at radius 3 is 2.57 bits per heavy atom. The summed E-state index contributed by atoms with van der Waals surface area (Å²) < 4.78 is 12.3. The highest BCUT2D eigenvalue weighted by molar-refractivity contribution is 5.95. The van der Waals surface area contributed by atoms with E-state index in [9.17, 15) is 9.59 Å². The number of piperidine rings is 1. The van der Waals surface area contributed by atoms with Crippen LogP contribution in [0.5, 0.6) is 11.5 Å². The van der Waals surface area contributed by atoms with Gasteiger partial charge in [0.25, 0.3) is 11.8 Å². The number of hydrogen-bond acceptors (Lipinski definition) is 5. The molecule has 7 nitrogen and oxygen atoms in total. The maximum absolute atomic E-state index is 13.6. The lowest BCUT2D eigenvalue weighted by Gasteiger charge is -2.26. The van der Waals surface area contributed by atoms with Crippen LogP contribution in [-0.4, -0.2) is 74.1 Å². The third-order valence-electron chi connectivity index (χ3n) is 8.52. The zero-order valence-electron chi connectivity index (χ0n) is 24.4. The molecule has 2 heterocycles. The molecule has 0 spiro atoms. The molecule has 0 radical (unpaired) electrons. The van der Waals surface area contributed by atoms with E-state index in [-0.39, 0.29) is 11.8 Å². The van der Waals surface area contributed by atoms with Crippen molar-refractivity contribution < 1.29 is 19.1 Å². The Morgan fingerprint density at radius 1 is 0.929 bits per heavy atom. The van der Waals surface area contributed by atoms with Crippen LogP contribution in [-0.2, 0) is 6.42 Å². The number of likely N-dealkylation sites (tertiary alicyclic amines) is 1. The summed E-state index contributed by atoms with van der Waals surface area (Å²) in [5.41, 5.74) is 4.76. The van der Waals surface area contributed by atoms with Crippen molar-refractivity contribution in [3.63, 3.8) is 0 Å². The summed E-state index contributed by atoms with van der Waals surface area (Å²) in [5, 5.41) is 2.99. The van der Waals surface area contributed by atoms with Gasteiger partial charge in [0.05, 0.1) is 6.54 Å². The van der Waals surface area contributed by atoms with E-state index in [1.54, 1.807) is 4.90 Å². The van der Waals surface area contributed by atoms with Gasteiger partial charge in [-0.1, -0.05) is 30.7 Å². The monoisotopic (exact) mass is 567 g/mol. The van der Waals surface area contributed by atoms with Crippen molar-refractivity contribution in [1.29, 1.82) is 0 Å². The van der Waals surface area contributed by atoms with Crippen molar-refractivity contribution in [1.82, 2.24) is 15.1 Å². The summed E-state index contributed by atoms with van der Waals surface area (Å²) >= 11 is 0. The van der Waals surface area contributed by atoms with Gasteiger partial charge >= 0.3 is 0 Å². The van der Waals surface area contributed by atoms with E-state index in [0.717, 1.165) is 42.3 Å². The quantitative estimate of drug-likeness (QED) is 0.439. The number of hydrogen-bond donors (Lipinski definition) is 1. The van der Waals surface area contributed by atoms with E-state index in [1.165, 1.54) is 37.7 Å². The third-order valence-corrected chi connectivity index (χ3v) is 8.52. The van der Waals surface area contributed by atoms with E-state index < -0.39 is 0 Å². The smallest absolute Gasteiger partial charge is 0.254 e. The minimum absolute atomic E-state index is 0.0916. The van der Waals surface area contributed by atoms with Crippen molar-refractivity contribution in [2.24, 2.45) is 0 Å². The molecule has 2 bridgehead atoms. The fourth-order valence-corrected chi connectivity index (χ4v) is 5.93. The van der Waals surface area contributed by atoms with Gasteiger partial charge in [0.1, 0.15) is 24.7 Å². The van der Waals surface area contributed by atoms with Gasteiger partial charge in [0, 0.05) is 37.2 Å². The number of carbonyl (C=O) groups excluding carboxylic acids is 2. The minimum Gasteiger partial charge on any atom is -0.492 e. The Bertz CT molecular complexity index is 1380. The Hall–Kier alpha value is -3.84.